The Labute approximate surface area is 133 Å². The lowest BCUT2D eigenvalue weighted by molar-refractivity contribution is 0.183. The monoisotopic (exact) mass is 308 g/mol. The van der Waals surface area contributed by atoms with E-state index < -0.39 is 5.76 Å². The number of hydrogen-bond donors (Lipinski definition) is 0. The zero-order valence-electron chi connectivity index (χ0n) is 12.6. The van der Waals surface area contributed by atoms with Gasteiger partial charge in [-0.1, -0.05) is 24.3 Å². The van der Waals surface area contributed by atoms with E-state index in [1.54, 1.807) is 24.5 Å². The Hall–Kier alpha value is -2.73. The highest BCUT2D eigenvalue weighted by Gasteiger charge is 2.18. The van der Waals surface area contributed by atoms with Gasteiger partial charge in [0.05, 0.1) is 0 Å². The first kappa shape index (κ1) is 13.9. The van der Waals surface area contributed by atoms with Gasteiger partial charge in [0, 0.05) is 31.0 Å². The van der Waals surface area contributed by atoms with Gasteiger partial charge in [0.1, 0.15) is 6.67 Å². The lowest BCUT2D eigenvalue weighted by Gasteiger charge is -2.27. The van der Waals surface area contributed by atoms with Crippen LogP contribution in [0.5, 0.6) is 0 Å². The summed E-state index contributed by atoms with van der Waals surface area (Å²) in [6, 6.07) is 12.0. The molecule has 6 heteroatoms. The molecule has 0 aliphatic carbocycles. The molecule has 0 amide bonds. The molecule has 6 nitrogen and oxygen atoms in total. The minimum atomic E-state index is -0.435. The van der Waals surface area contributed by atoms with Crippen LogP contribution in [-0.4, -0.2) is 26.2 Å². The van der Waals surface area contributed by atoms with Crippen LogP contribution in [0.3, 0.4) is 0 Å². The number of aromatic nitrogens is 3. The lowest BCUT2D eigenvalue weighted by atomic mass is 10.0. The highest BCUT2D eigenvalue weighted by molar-refractivity contribution is 5.50. The van der Waals surface area contributed by atoms with Gasteiger partial charge in [0.2, 0.25) is 5.89 Å². The second-order valence-electron chi connectivity index (χ2n) is 5.62. The van der Waals surface area contributed by atoms with Crippen molar-refractivity contribution in [3.63, 3.8) is 0 Å². The van der Waals surface area contributed by atoms with Gasteiger partial charge in [-0.25, -0.2) is 4.79 Å². The molecular formula is C17H16N4O2. The third kappa shape index (κ3) is 2.80. The molecule has 23 heavy (non-hydrogen) atoms. The van der Waals surface area contributed by atoms with Crippen LogP contribution >= 0.6 is 0 Å². The average Bonchev–Trinajstić information content (AvgIpc) is 2.96. The van der Waals surface area contributed by atoms with Crippen LogP contribution in [0.1, 0.15) is 11.1 Å². The Morgan fingerprint density at radius 2 is 1.87 bits per heavy atom. The van der Waals surface area contributed by atoms with Gasteiger partial charge in [0.15, 0.2) is 0 Å². The van der Waals surface area contributed by atoms with E-state index in [-0.39, 0.29) is 0 Å². The molecule has 116 valence electrons. The second kappa shape index (κ2) is 5.81. The van der Waals surface area contributed by atoms with Gasteiger partial charge < -0.3 is 4.42 Å². The van der Waals surface area contributed by atoms with E-state index in [9.17, 15) is 4.79 Å². The molecule has 0 bridgehead atoms. The summed E-state index contributed by atoms with van der Waals surface area (Å²) in [4.78, 5) is 18.2. The van der Waals surface area contributed by atoms with Crippen molar-refractivity contribution in [3.8, 4) is 11.5 Å². The van der Waals surface area contributed by atoms with Gasteiger partial charge in [-0.15, -0.1) is 5.10 Å². The van der Waals surface area contributed by atoms with Crippen LogP contribution in [0.4, 0.5) is 0 Å². The molecule has 0 spiro atoms. The predicted molar refractivity (Wildman–Crippen MR) is 84.6 cm³/mol. The second-order valence-corrected chi connectivity index (χ2v) is 5.62. The number of benzene rings is 1. The normalized spacial score (nSPS) is 14.6. The average molecular weight is 308 g/mol. The molecule has 0 saturated heterocycles. The van der Waals surface area contributed by atoms with Crippen molar-refractivity contribution < 1.29 is 4.42 Å². The Morgan fingerprint density at radius 3 is 2.70 bits per heavy atom. The number of hydrogen-bond acceptors (Lipinski definition) is 5. The lowest BCUT2D eigenvalue weighted by Crippen LogP contribution is -2.35. The van der Waals surface area contributed by atoms with Crippen LogP contribution in [0, 0.1) is 0 Å². The minimum Gasteiger partial charge on any atom is -0.388 e. The van der Waals surface area contributed by atoms with Crippen molar-refractivity contribution in [1.29, 1.82) is 0 Å². The highest BCUT2D eigenvalue weighted by Crippen LogP contribution is 2.19. The zero-order chi connectivity index (χ0) is 15.6. The molecule has 3 heterocycles. The van der Waals surface area contributed by atoms with Crippen molar-refractivity contribution in [2.45, 2.75) is 19.6 Å². The molecule has 3 aromatic rings. The maximum atomic E-state index is 12.0. The van der Waals surface area contributed by atoms with Gasteiger partial charge in [-0.2, -0.15) is 4.68 Å². The Kier molecular flexibility index (Phi) is 3.51. The Morgan fingerprint density at radius 1 is 1.09 bits per heavy atom. The van der Waals surface area contributed by atoms with E-state index in [2.05, 4.69) is 33.2 Å². The topological polar surface area (TPSA) is 64.2 Å². The third-order valence-corrected chi connectivity index (χ3v) is 4.08. The van der Waals surface area contributed by atoms with Crippen molar-refractivity contribution in [2.24, 2.45) is 0 Å². The van der Waals surface area contributed by atoms with Crippen LogP contribution < -0.4 is 5.76 Å². The summed E-state index contributed by atoms with van der Waals surface area (Å²) in [5.41, 5.74) is 3.44. The number of pyridine rings is 1. The summed E-state index contributed by atoms with van der Waals surface area (Å²) in [7, 11) is 0. The van der Waals surface area contributed by atoms with E-state index in [0.29, 0.717) is 12.6 Å². The SMILES string of the molecule is O=c1oc(-c2ccncc2)nn1CN1CCc2ccccc2C1. The van der Waals surface area contributed by atoms with E-state index in [0.717, 1.165) is 25.1 Å². The molecule has 0 unspecified atom stereocenters. The van der Waals surface area contributed by atoms with Gasteiger partial charge in [0.25, 0.3) is 0 Å². The van der Waals surface area contributed by atoms with Crippen molar-refractivity contribution in [2.75, 3.05) is 6.54 Å². The predicted octanol–water partition coefficient (Wildman–Crippen LogP) is 1.91. The van der Waals surface area contributed by atoms with E-state index >= 15 is 0 Å². The van der Waals surface area contributed by atoms with Crippen molar-refractivity contribution in [1.82, 2.24) is 19.7 Å². The molecule has 4 rings (SSSR count). The molecule has 1 aliphatic heterocycles. The highest BCUT2D eigenvalue weighted by atomic mass is 16.4. The smallest absolute Gasteiger partial charge is 0.388 e. The van der Waals surface area contributed by atoms with Crippen LogP contribution in [0.25, 0.3) is 11.5 Å². The van der Waals surface area contributed by atoms with Gasteiger partial charge in [-0.05, 0) is 29.7 Å². The fraction of sp³-hybridized carbons (Fsp3) is 0.235. The largest absolute Gasteiger partial charge is 0.438 e. The van der Waals surface area contributed by atoms with Crippen LogP contribution in [-0.2, 0) is 19.6 Å². The maximum Gasteiger partial charge on any atom is 0.438 e. The van der Waals surface area contributed by atoms with Crippen molar-refractivity contribution in [3.05, 3.63) is 70.5 Å². The summed E-state index contributed by atoms with van der Waals surface area (Å²) in [5.74, 6) is -0.106. The number of rotatable bonds is 3. The third-order valence-electron chi connectivity index (χ3n) is 4.08. The fourth-order valence-electron chi connectivity index (χ4n) is 2.87. The van der Waals surface area contributed by atoms with Crippen molar-refractivity contribution >= 4 is 0 Å². The molecule has 1 aliphatic rings. The zero-order valence-corrected chi connectivity index (χ0v) is 12.6. The first-order chi connectivity index (χ1) is 11.3. The summed E-state index contributed by atoms with van der Waals surface area (Å²) in [6.45, 7) is 2.16. The molecule has 0 saturated carbocycles. The maximum absolute atomic E-state index is 12.0. The van der Waals surface area contributed by atoms with E-state index in [1.807, 2.05) is 6.07 Å². The Bertz CT molecular complexity index is 870. The van der Waals surface area contributed by atoms with Crippen LogP contribution in [0.2, 0.25) is 0 Å². The molecule has 0 radical (unpaired) electrons. The van der Waals surface area contributed by atoms with E-state index in [1.165, 1.54) is 15.8 Å². The molecular weight excluding hydrogens is 292 g/mol. The fourth-order valence-corrected chi connectivity index (χ4v) is 2.87. The molecule has 0 N–H and O–H groups in total. The Balaban J connectivity index is 1.54. The number of nitrogens with zero attached hydrogens (tertiary/aromatic N) is 4. The van der Waals surface area contributed by atoms with E-state index in [4.69, 9.17) is 4.42 Å². The number of fused-ring (bicyclic) bond motifs is 1. The first-order valence-electron chi connectivity index (χ1n) is 7.57. The van der Waals surface area contributed by atoms with Gasteiger partial charge in [-0.3, -0.25) is 9.88 Å². The van der Waals surface area contributed by atoms with Crippen LogP contribution in [0.15, 0.2) is 58.0 Å². The summed E-state index contributed by atoms with van der Waals surface area (Å²) in [5, 5.41) is 4.30. The first-order valence-corrected chi connectivity index (χ1v) is 7.57. The quantitative estimate of drug-likeness (QED) is 0.739. The molecule has 0 atom stereocenters. The molecule has 1 aromatic carbocycles. The summed E-state index contributed by atoms with van der Waals surface area (Å²) in [6.07, 6.45) is 4.28. The molecule has 2 aromatic heterocycles. The summed E-state index contributed by atoms with van der Waals surface area (Å²) < 4.78 is 6.63. The minimum absolute atomic E-state index is 0.329. The standard InChI is InChI=1S/C17H16N4O2/c22-17-21(19-16(23-17)14-5-8-18-9-6-14)12-20-10-7-13-3-1-2-4-15(13)11-20/h1-6,8-9H,7,10-12H2. The summed E-state index contributed by atoms with van der Waals surface area (Å²) >= 11 is 0. The van der Waals surface area contributed by atoms with Gasteiger partial charge >= 0.3 is 5.76 Å². The molecule has 0 fully saturated rings.